The minimum absolute atomic E-state index is 0.157. The minimum Gasteiger partial charge on any atom is -0.382 e. The summed E-state index contributed by atoms with van der Waals surface area (Å²) < 4.78 is 5.40. The molecule has 0 aliphatic carbocycles. The van der Waals surface area contributed by atoms with Crippen molar-refractivity contribution in [2.24, 2.45) is 5.73 Å². The molecule has 0 heterocycles. The van der Waals surface area contributed by atoms with Crippen molar-refractivity contribution >= 4 is 5.91 Å². The quantitative estimate of drug-likeness (QED) is 0.540. The van der Waals surface area contributed by atoms with Gasteiger partial charge in [0.25, 0.3) is 0 Å². The van der Waals surface area contributed by atoms with Gasteiger partial charge in [-0.25, -0.2) is 0 Å². The van der Waals surface area contributed by atoms with Gasteiger partial charge in [-0.1, -0.05) is 30.3 Å². The van der Waals surface area contributed by atoms with Gasteiger partial charge < -0.3 is 20.9 Å². The molecule has 17 heavy (non-hydrogen) atoms. The summed E-state index contributed by atoms with van der Waals surface area (Å²) in [5.74, 6) is -0.720. The Morgan fingerprint density at radius 1 is 1.41 bits per heavy atom. The molecular weight excluding hydrogens is 220 g/mol. The smallest absolute Gasteiger partial charge is 0.247 e. The number of primary amides is 1. The lowest BCUT2D eigenvalue weighted by Crippen LogP contribution is -2.38. The molecule has 0 saturated carbocycles. The molecule has 0 radical (unpaired) electrons. The van der Waals surface area contributed by atoms with Crippen LogP contribution in [-0.4, -0.2) is 36.8 Å². The summed E-state index contributed by atoms with van der Waals surface area (Å²) in [6.07, 6.45) is -1.14. The summed E-state index contributed by atoms with van der Waals surface area (Å²) in [4.78, 5) is 10.5. The molecule has 0 aliphatic heterocycles. The molecule has 1 unspecified atom stereocenters. The van der Waals surface area contributed by atoms with Crippen LogP contribution in [-0.2, 0) is 16.1 Å². The van der Waals surface area contributed by atoms with Crippen LogP contribution < -0.4 is 11.1 Å². The van der Waals surface area contributed by atoms with Crippen molar-refractivity contribution in [3.8, 4) is 0 Å². The summed E-state index contributed by atoms with van der Waals surface area (Å²) in [6, 6.07) is 9.85. The number of carbonyl (C=O) groups excluding carboxylic acids is 1. The molecule has 4 N–H and O–H groups in total. The Labute approximate surface area is 101 Å². The highest BCUT2D eigenvalue weighted by Gasteiger charge is 2.08. The average Bonchev–Trinajstić information content (AvgIpc) is 2.34. The number of ether oxygens (including phenoxy) is 1. The molecule has 0 fully saturated rings. The van der Waals surface area contributed by atoms with Crippen molar-refractivity contribution in [3.63, 3.8) is 0 Å². The highest BCUT2D eigenvalue weighted by atomic mass is 16.5. The Kier molecular flexibility index (Phi) is 6.24. The van der Waals surface area contributed by atoms with Gasteiger partial charge in [0.05, 0.1) is 13.2 Å². The van der Waals surface area contributed by atoms with E-state index in [2.05, 4.69) is 5.32 Å². The van der Waals surface area contributed by atoms with E-state index in [4.69, 9.17) is 15.6 Å². The van der Waals surface area contributed by atoms with Crippen LogP contribution in [0.1, 0.15) is 5.56 Å². The number of hydrogen-bond acceptors (Lipinski definition) is 4. The predicted molar refractivity (Wildman–Crippen MR) is 64.2 cm³/mol. The zero-order chi connectivity index (χ0) is 12.5. The fourth-order valence-electron chi connectivity index (χ4n) is 1.25. The zero-order valence-electron chi connectivity index (χ0n) is 9.63. The Morgan fingerprint density at radius 2 is 2.12 bits per heavy atom. The van der Waals surface area contributed by atoms with Crippen molar-refractivity contribution in [2.75, 3.05) is 19.7 Å². The molecule has 1 rings (SSSR count). The van der Waals surface area contributed by atoms with Gasteiger partial charge >= 0.3 is 0 Å². The average molecular weight is 238 g/mol. The molecule has 1 aromatic carbocycles. The molecule has 0 saturated heterocycles. The highest BCUT2D eigenvalue weighted by Crippen LogP contribution is 1.99. The van der Waals surface area contributed by atoms with Crippen LogP contribution in [0.4, 0.5) is 0 Å². The topological polar surface area (TPSA) is 84.6 Å². The monoisotopic (exact) mass is 238 g/mol. The molecule has 94 valence electrons. The van der Waals surface area contributed by atoms with Crippen molar-refractivity contribution in [3.05, 3.63) is 35.9 Å². The third-order valence-electron chi connectivity index (χ3n) is 2.20. The van der Waals surface area contributed by atoms with Crippen molar-refractivity contribution < 1.29 is 14.6 Å². The molecule has 1 aromatic rings. The van der Waals surface area contributed by atoms with Crippen LogP contribution in [0.25, 0.3) is 0 Å². The number of hydrogen-bond donors (Lipinski definition) is 3. The number of nitrogens with one attached hydrogen (secondary N) is 1. The predicted octanol–water partition coefficient (Wildman–Crippen LogP) is -0.361. The molecule has 0 aliphatic rings. The van der Waals surface area contributed by atoms with E-state index in [1.54, 1.807) is 0 Å². The molecule has 1 atom stereocenters. The summed E-state index contributed by atoms with van der Waals surface area (Å²) in [7, 11) is 0. The van der Waals surface area contributed by atoms with Gasteiger partial charge in [-0.2, -0.15) is 0 Å². The maximum atomic E-state index is 10.5. The van der Waals surface area contributed by atoms with Gasteiger partial charge in [0.2, 0.25) is 5.91 Å². The van der Waals surface area contributed by atoms with E-state index < -0.39 is 12.0 Å². The van der Waals surface area contributed by atoms with Gasteiger partial charge in [-0.3, -0.25) is 4.79 Å². The standard InChI is InChI=1S/C12H18N2O3/c13-12(16)11(15)8-14-6-7-17-9-10-4-2-1-3-5-10/h1-5,11,14-15H,6-9H2,(H2,13,16). The van der Waals surface area contributed by atoms with Gasteiger partial charge in [-0.05, 0) is 5.56 Å². The first kappa shape index (κ1) is 13.6. The molecule has 0 aromatic heterocycles. The lowest BCUT2D eigenvalue weighted by Gasteiger charge is -2.08. The maximum absolute atomic E-state index is 10.5. The molecule has 5 nitrogen and oxygen atoms in total. The largest absolute Gasteiger partial charge is 0.382 e. The second kappa shape index (κ2) is 7.78. The van der Waals surface area contributed by atoms with Crippen LogP contribution in [0, 0.1) is 0 Å². The van der Waals surface area contributed by atoms with Crippen LogP contribution in [0.15, 0.2) is 30.3 Å². The van der Waals surface area contributed by atoms with Crippen molar-refractivity contribution in [2.45, 2.75) is 12.7 Å². The minimum atomic E-state index is -1.14. The zero-order valence-corrected chi connectivity index (χ0v) is 9.63. The number of amides is 1. The molecule has 0 bridgehead atoms. The molecular formula is C12H18N2O3. The summed E-state index contributed by atoms with van der Waals surface area (Å²) in [6.45, 7) is 1.79. The number of benzene rings is 1. The third kappa shape index (κ3) is 6.01. The summed E-state index contributed by atoms with van der Waals surface area (Å²) in [5, 5.41) is 12.0. The van der Waals surface area contributed by atoms with Crippen LogP contribution in [0.3, 0.4) is 0 Å². The Morgan fingerprint density at radius 3 is 2.76 bits per heavy atom. The van der Waals surface area contributed by atoms with E-state index in [1.165, 1.54) is 0 Å². The van der Waals surface area contributed by atoms with Gasteiger partial charge in [0.1, 0.15) is 6.10 Å². The first-order valence-corrected chi connectivity index (χ1v) is 5.50. The number of carbonyl (C=O) groups is 1. The van der Waals surface area contributed by atoms with Crippen LogP contribution >= 0.6 is 0 Å². The number of aliphatic hydroxyl groups excluding tert-OH is 1. The third-order valence-corrected chi connectivity index (χ3v) is 2.20. The maximum Gasteiger partial charge on any atom is 0.247 e. The van der Waals surface area contributed by atoms with E-state index in [9.17, 15) is 4.79 Å². The van der Waals surface area contributed by atoms with Gasteiger partial charge in [-0.15, -0.1) is 0 Å². The Balaban J connectivity index is 2.00. The van der Waals surface area contributed by atoms with Gasteiger partial charge in [0.15, 0.2) is 0 Å². The lowest BCUT2D eigenvalue weighted by atomic mass is 10.2. The SMILES string of the molecule is NC(=O)C(O)CNCCOCc1ccccc1. The van der Waals surface area contributed by atoms with E-state index in [0.717, 1.165) is 5.56 Å². The van der Waals surface area contributed by atoms with E-state index in [0.29, 0.717) is 19.8 Å². The van der Waals surface area contributed by atoms with E-state index >= 15 is 0 Å². The summed E-state index contributed by atoms with van der Waals surface area (Å²) in [5.41, 5.74) is 6.01. The second-order valence-electron chi connectivity index (χ2n) is 3.66. The number of nitrogens with two attached hydrogens (primary N) is 1. The number of rotatable bonds is 8. The fraction of sp³-hybridized carbons (Fsp3) is 0.417. The fourth-order valence-corrected chi connectivity index (χ4v) is 1.25. The Bertz CT molecular complexity index is 330. The van der Waals surface area contributed by atoms with Crippen LogP contribution in [0.5, 0.6) is 0 Å². The van der Waals surface area contributed by atoms with Crippen molar-refractivity contribution in [1.82, 2.24) is 5.32 Å². The summed E-state index contributed by atoms with van der Waals surface area (Å²) >= 11 is 0. The highest BCUT2D eigenvalue weighted by molar-refractivity contribution is 5.78. The molecule has 5 heteroatoms. The first-order valence-electron chi connectivity index (χ1n) is 5.50. The van der Waals surface area contributed by atoms with Crippen molar-refractivity contribution in [1.29, 1.82) is 0 Å². The number of aliphatic hydroxyl groups is 1. The van der Waals surface area contributed by atoms with Crippen LogP contribution in [0.2, 0.25) is 0 Å². The normalized spacial score (nSPS) is 12.3. The van der Waals surface area contributed by atoms with E-state index in [-0.39, 0.29) is 6.54 Å². The molecule has 0 spiro atoms. The van der Waals surface area contributed by atoms with Gasteiger partial charge in [0, 0.05) is 13.1 Å². The van der Waals surface area contributed by atoms with E-state index in [1.807, 2.05) is 30.3 Å². The molecule has 1 amide bonds. The first-order chi connectivity index (χ1) is 8.20. The Hall–Kier alpha value is -1.43. The second-order valence-corrected chi connectivity index (χ2v) is 3.66. The lowest BCUT2D eigenvalue weighted by molar-refractivity contribution is -0.125.